The van der Waals surface area contributed by atoms with Gasteiger partial charge in [0, 0.05) is 0 Å². The molecule has 0 saturated heterocycles. The quantitative estimate of drug-likeness (QED) is 0.503. The standard InChI is InChI=1S/C11H18O2/c1-4-11(3,13)8-5-6-10(2)7-9-12/h4-7,12-13H,1,8-9H2,2-3H3/b6-5+,10-7-. The van der Waals surface area contributed by atoms with Crippen LogP contribution in [0.1, 0.15) is 20.3 Å². The van der Waals surface area contributed by atoms with Crippen LogP contribution in [0.4, 0.5) is 0 Å². The Morgan fingerprint density at radius 1 is 1.54 bits per heavy atom. The Balaban J connectivity index is 4.01. The van der Waals surface area contributed by atoms with Crippen LogP contribution >= 0.6 is 0 Å². The molecule has 0 amide bonds. The summed E-state index contributed by atoms with van der Waals surface area (Å²) in [5, 5.41) is 18.1. The molecule has 74 valence electrons. The van der Waals surface area contributed by atoms with Crippen molar-refractivity contribution in [3.63, 3.8) is 0 Å². The van der Waals surface area contributed by atoms with Gasteiger partial charge in [-0.1, -0.05) is 29.9 Å². The molecule has 0 bridgehead atoms. The van der Waals surface area contributed by atoms with E-state index in [-0.39, 0.29) is 6.61 Å². The maximum atomic E-state index is 9.53. The van der Waals surface area contributed by atoms with Crippen LogP contribution in [0.2, 0.25) is 0 Å². The Morgan fingerprint density at radius 2 is 2.15 bits per heavy atom. The van der Waals surface area contributed by atoms with Gasteiger partial charge in [0.25, 0.3) is 0 Å². The summed E-state index contributed by atoms with van der Waals surface area (Å²) in [4.78, 5) is 0. The normalized spacial score (nSPS) is 17.4. The number of aliphatic hydroxyl groups excluding tert-OH is 1. The van der Waals surface area contributed by atoms with Crippen molar-refractivity contribution >= 4 is 0 Å². The van der Waals surface area contributed by atoms with Crippen LogP contribution in [-0.4, -0.2) is 22.4 Å². The van der Waals surface area contributed by atoms with Crippen molar-refractivity contribution < 1.29 is 10.2 Å². The van der Waals surface area contributed by atoms with Crippen molar-refractivity contribution in [1.29, 1.82) is 0 Å². The zero-order chi connectivity index (χ0) is 10.3. The van der Waals surface area contributed by atoms with E-state index >= 15 is 0 Å². The van der Waals surface area contributed by atoms with E-state index in [4.69, 9.17) is 5.11 Å². The Labute approximate surface area is 79.9 Å². The minimum Gasteiger partial charge on any atom is -0.392 e. The fraction of sp³-hybridized carbons (Fsp3) is 0.455. The number of hydrogen-bond donors (Lipinski definition) is 2. The molecule has 0 spiro atoms. The average molecular weight is 182 g/mol. The first kappa shape index (κ1) is 12.1. The fourth-order valence-corrected chi connectivity index (χ4v) is 0.779. The Morgan fingerprint density at radius 3 is 2.62 bits per heavy atom. The highest BCUT2D eigenvalue weighted by atomic mass is 16.3. The van der Waals surface area contributed by atoms with Crippen LogP contribution < -0.4 is 0 Å². The van der Waals surface area contributed by atoms with Crippen molar-refractivity contribution in [1.82, 2.24) is 0 Å². The predicted molar refractivity (Wildman–Crippen MR) is 55.4 cm³/mol. The summed E-state index contributed by atoms with van der Waals surface area (Å²) in [5.74, 6) is 0. The van der Waals surface area contributed by atoms with Gasteiger partial charge in [0.05, 0.1) is 12.2 Å². The van der Waals surface area contributed by atoms with E-state index in [1.807, 2.05) is 19.1 Å². The highest BCUT2D eigenvalue weighted by molar-refractivity contribution is 5.16. The second-order valence-corrected chi connectivity index (χ2v) is 3.30. The van der Waals surface area contributed by atoms with Gasteiger partial charge in [0.2, 0.25) is 0 Å². The van der Waals surface area contributed by atoms with Crippen molar-refractivity contribution in [2.24, 2.45) is 0 Å². The molecule has 0 heterocycles. The Hall–Kier alpha value is -0.860. The molecule has 2 N–H and O–H groups in total. The number of aliphatic hydroxyl groups is 2. The van der Waals surface area contributed by atoms with E-state index in [1.165, 1.54) is 6.08 Å². The molecular weight excluding hydrogens is 164 g/mol. The van der Waals surface area contributed by atoms with Crippen LogP contribution in [0.5, 0.6) is 0 Å². The summed E-state index contributed by atoms with van der Waals surface area (Å²) in [7, 11) is 0. The molecule has 0 aromatic heterocycles. The molecule has 0 saturated carbocycles. The smallest absolute Gasteiger partial charge is 0.0831 e. The molecule has 13 heavy (non-hydrogen) atoms. The Kier molecular flexibility index (Phi) is 5.35. The van der Waals surface area contributed by atoms with E-state index < -0.39 is 5.60 Å². The first-order valence-corrected chi connectivity index (χ1v) is 4.32. The maximum Gasteiger partial charge on any atom is 0.0831 e. The fourth-order valence-electron chi connectivity index (χ4n) is 0.779. The molecule has 1 unspecified atom stereocenters. The van der Waals surface area contributed by atoms with Crippen molar-refractivity contribution in [3.05, 3.63) is 36.5 Å². The number of rotatable bonds is 5. The Bertz CT molecular complexity index is 212. The second-order valence-electron chi connectivity index (χ2n) is 3.30. The van der Waals surface area contributed by atoms with Crippen LogP contribution in [0, 0.1) is 0 Å². The van der Waals surface area contributed by atoms with Gasteiger partial charge in [0.15, 0.2) is 0 Å². The molecule has 0 rings (SSSR count). The monoisotopic (exact) mass is 182 g/mol. The molecule has 0 aromatic rings. The van der Waals surface area contributed by atoms with Gasteiger partial charge in [-0.3, -0.25) is 0 Å². The molecule has 2 heteroatoms. The van der Waals surface area contributed by atoms with Crippen molar-refractivity contribution in [3.8, 4) is 0 Å². The molecule has 0 aromatic carbocycles. The molecule has 0 aliphatic carbocycles. The SMILES string of the molecule is C=CC(C)(O)C/C=C/C(C)=C\CO. The van der Waals surface area contributed by atoms with Gasteiger partial charge in [-0.2, -0.15) is 0 Å². The van der Waals surface area contributed by atoms with E-state index in [9.17, 15) is 5.11 Å². The second kappa shape index (κ2) is 5.73. The third kappa shape index (κ3) is 6.31. The van der Waals surface area contributed by atoms with Gasteiger partial charge in [-0.25, -0.2) is 0 Å². The highest BCUT2D eigenvalue weighted by Crippen LogP contribution is 2.11. The lowest BCUT2D eigenvalue weighted by Crippen LogP contribution is -2.18. The minimum absolute atomic E-state index is 0.0496. The number of hydrogen-bond acceptors (Lipinski definition) is 2. The molecule has 1 atom stereocenters. The maximum absolute atomic E-state index is 9.53. The first-order chi connectivity index (χ1) is 6.02. The van der Waals surface area contributed by atoms with Gasteiger partial charge in [-0.15, -0.1) is 6.58 Å². The summed E-state index contributed by atoms with van der Waals surface area (Å²) in [6, 6.07) is 0. The summed E-state index contributed by atoms with van der Waals surface area (Å²) in [5.41, 5.74) is 0.151. The summed E-state index contributed by atoms with van der Waals surface area (Å²) in [6.45, 7) is 7.18. The van der Waals surface area contributed by atoms with Gasteiger partial charge < -0.3 is 10.2 Å². The molecule has 0 aliphatic rings. The lowest BCUT2D eigenvalue weighted by molar-refractivity contribution is 0.115. The summed E-state index contributed by atoms with van der Waals surface area (Å²) in [6.07, 6.45) is 7.49. The van der Waals surface area contributed by atoms with E-state index in [0.717, 1.165) is 5.57 Å². The summed E-state index contributed by atoms with van der Waals surface area (Å²) >= 11 is 0. The molecule has 0 aliphatic heterocycles. The zero-order valence-corrected chi connectivity index (χ0v) is 8.33. The number of allylic oxidation sites excluding steroid dienone is 2. The van der Waals surface area contributed by atoms with E-state index in [1.54, 1.807) is 13.0 Å². The van der Waals surface area contributed by atoms with Gasteiger partial charge >= 0.3 is 0 Å². The van der Waals surface area contributed by atoms with Crippen LogP contribution in [0.3, 0.4) is 0 Å². The van der Waals surface area contributed by atoms with Crippen molar-refractivity contribution in [2.45, 2.75) is 25.9 Å². The predicted octanol–water partition coefficient (Wildman–Crippen LogP) is 1.81. The van der Waals surface area contributed by atoms with Crippen LogP contribution in [0.15, 0.2) is 36.5 Å². The third-order valence-corrected chi connectivity index (χ3v) is 1.76. The topological polar surface area (TPSA) is 40.5 Å². The van der Waals surface area contributed by atoms with Gasteiger partial charge in [0.1, 0.15) is 0 Å². The molecule has 0 radical (unpaired) electrons. The third-order valence-electron chi connectivity index (χ3n) is 1.76. The first-order valence-electron chi connectivity index (χ1n) is 4.32. The largest absolute Gasteiger partial charge is 0.392 e. The molecule has 2 nitrogen and oxygen atoms in total. The summed E-state index contributed by atoms with van der Waals surface area (Å²) < 4.78 is 0. The minimum atomic E-state index is -0.837. The van der Waals surface area contributed by atoms with E-state index in [2.05, 4.69) is 6.58 Å². The highest BCUT2D eigenvalue weighted by Gasteiger charge is 2.11. The van der Waals surface area contributed by atoms with Gasteiger partial charge in [-0.05, 0) is 20.3 Å². The van der Waals surface area contributed by atoms with E-state index in [0.29, 0.717) is 6.42 Å². The lowest BCUT2D eigenvalue weighted by Gasteiger charge is -2.14. The average Bonchev–Trinajstić information content (AvgIpc) is 2.05. The zero-order valence-electron chi connectivity index (χ0n) is 8.33. The van der Waals surface area contributed by atoms with Crippen LogP contribution in [-0.2, 0) is 0 Å². The molecule has 0 fully saturated rings. The van der Waals surface area contributed by atoms with Crippen molar-refractivity contribution in [2.75, 3.05) is 6.61 Å². The van der Waals surface area contributed by atoms with Crippen LogP contribution in [0.25, 0.3) is 0 Å². The lowest BCUT2D eigenvalue weighted by atomic mass is 10.0. The molecular formula is C11H18O2.